The molecular weight excluding hydrogens is 532 g/mol. The van der Waals surface area contributed by atoms with Gasteiger partial charge in [0.15, 0.2) is 0 Å². The summed E-state index contributed by atoms with van der Waals surface area (Å²) in [6.07, 6.45) is 5.42. The normalized spacial score (nSPS) is 20.5. The van der Waals surface area contributed by atoms with Gasteiger partial charge in [-0.15, -0.1) is 22.7 Å². The highest BCUT2D eigenvalue weighted by Crippen LogP contribution is 2.40. The Morgan fingerprint density at radius 2 is 1.95 bits per heavy atom. The molecule has 3 aliphatic rings. The predicted octanol–water partition coefficient (Wildman–Crippen LogP) is 2.86. The number of fused-ring (bicyclic) bond motifs is 1. The fourth-order valence-electron chi connectivity index (χ4n) is 5.64. The van der Waals surface area contributed by atoms with Gasteiger partial charge in [0.25, 0.3) is 5.91 Å². The lowest BCUT2D eigenvalue weighted by atomic mass is 9.97. The van der Waals surface area contributed by atoms with E-state index in [1.165, 1.54) is 35.0 Å². The fraction of sp³-hybridized carbons (Fsp3) is 0.429. The van der Waals surface area contributed by atoms with Crippen LogP contribution < -0.4 is 21.7 Å². The number of hydrogen-bond acceptors (Lipinski definition) is 8. The van der Waals surface area contributed by atoms with Crippen molar-refractivity contribution >= 4 is 45.4 Å². The minimum atomic E-state index is -0.148. The number of aromatic nitrogens is 1. The molecule has 4 heterocycles. The summed E-state index contributed by atoms with van der Waals surface area (Å²) in [5.41, 5.74) is 11.1. The van der Waals surface area contributed by atoms with Gasteiger partial charge < -0.3 is 26.6 Å². The third kappa shape index (κ3) is 5.36. The molecule has 1 aromatic carbocycles. The van der Waals surface area contributed by atoms with Crippen LogP contribution in [0.2, 0.25) is 0 Å². The van der Waals surface area contributed by atoms with Crippen molar-refractivity contribution in [2.75, 3.05) is 25.0 Å². The quantitative estimate of drug-likeness (QED) is 0.349. The number of thiophene rings is 1. The van der Waals surface area contributed by atoms with Gasteiger partial charge in [-0.1, -0.05) is 12.1 Å². The van der Waals surface area contributed by atoms with Gasteiger partial charge in [-0.3, -0.25) is 14.4 Å². The van der Waals surface area contributed by atoms with Crippen molar-refractivity contribution in [3.63, 3.8) is 0 Å². The van der Waals surface area contributed by atoms with E-state index in [4.69, 9.17) is 10.7 Å². The van der Waals surface area contributed by atoms with Crippen molar-refractivity contribution in [3.8, 4) is 10.4 Å². The van der Waals surface area contributed by atoms with Crippen LogP contribution in [0.25, 0.3) is 10.4 Å². The molecule has 0 radical (unpaired) electrons. The number of rotatable bonds is 7. The van der Waals surface area contributed by atoms with E-state index in [9.17, 15) is 14.4 Å². The van der Waals surface area contributed by atoms with Crippen LogP contribution in [0.1, 0.15) is 57.1 Å². The van der Waals surface area contributed by atoms with E-state index in [1.807, 2.05) is 11.1 Å². The van der Waals surface area contributed by atoms with Crippen LogP contribution in [0.4, 0.5) is 5.00 Å². The van der Waals surface area contributed by atoms with Crippen molar-refractivity contribution < 1.29 is 14.4 Å². The second-order valence-corrected chi connectivity index (χ2v) is 12.7. The zero-order valence-electron chi connectivity index (χ0n) is 21.8. The second-order valence-electron chi connectivity index (χ2n) is 10.6. The lowest BCUT2D eigenvalue weighted by Crippen LogP contribution is -2.48. The molecule has 1 aliphatic carbocycles. The average molecular weight is 565 g/mol. The molecule has 2 fully saturated rings. The first-order valence-electron chi connectivity index (χ1n) is 13.4. The molecule has 1 unspecified atom stereocenters. The number of likely N-dealkylation sites (tertiary alicyclic amines) is 1. The molecule has 2 aliphatic heterocycles. The van der Waals surface area contributed by atoms with Crippen molar-refractivity contribution in [1.29, 1.82) is 0 Å². The van der Waals surface area contributed by atoms with Gasteiger partial charge in [0.1, 0.15) is 0 Å². The summed E-state index contributed by atoms with van der Waals surface area (Å²) in [7, 11) is 0. The van der Waals surface area contributed by atoms with E-state index in [1.54, 1.807) is 23.5 Å². The molecule has 2 saturated heterocycles. The molecule has 5 N–H and O–H groups in total. The van der Waals surface area contributed by atoms with Crippen LogP contribution in [0.5, 0.6) is 0 Å². The standard InChI is InChI=1S/C28H32N6O3S2/c1-15(35)31-11-16-4-5-19(21-10-18(29)9-20(16)21)24-12-32-27(39-24)17-13-34(14-17)28(37)23-6-7-25(38-23)33-26(36)22-3-2-8-30-22/h4-7,12,17-18,22,30H,2-3,8-11,13-14,29H2,1H3,(H,31,35)(H,33,36)/t18?,22-/m0/s1. The Kier molecular flexibility index (Phi) is 7.23. The molecular formula is C28H32N6O3S2. The Hall–Kier alpha value is -3.12. The third-order valence-corrected chi connectivity index (χ3v) is 9.92. The molecule has 0 saturated carbocycles. The van der Waals surface area contributed by atoms with Gasteiger partial charge >= 0.3 is 0 Å². The number of benzene rings is 1. The van der Waals surface area contributed by atoms with E-state index in [0.29, 0.717) is 29.5 Å². The van der Waals surface area contributed by atoms with E-state index >= 15 is 0 Å². The number of hydrogen-bond donors (Lipinski definition) is 4. The van der Waals surface area contributed by atoms with Crippen molar-refractivity contribution in [3.05, 3.63) is 57.0 Å². The summed E-state index contributed by atoms with van der Waals surface area (Å²) < 4.78 is 0. The second kappa shape index (κ2) is 10.8. The van der Waals surface area contributed by atoms with Crippen LogP contribution in [0.3, 0.4) is 0 Å². The van der Waals surface area contributed by atoms with E-state index in [-0.39, 0.29) is 35.7 Å². The first-order chi connectivity index (χ1) is 18.9. The molecule has 6 rings (SSSR count). The average Bonchev–Trinajstić information content (AvgIpc) is 3.68. The molecule has 0 spiro atoms. The number of carbonyl (C=O) groups excluding carboxylic acids is 3. The zero-order chi connectivity index (χ0) is 27.1. The Labute approximate surface area is 235 Å². The number of thiazole rings is 1. The van der Waals surface area contributed by atoms with Gasteiger partial charge in [0, 0.05) is 44.7 Å². The van der Waals surface area contributed by atoms with Gasteiger partial charge in [-0.25, -0.2) is 4.98 Å². The highest BCUT2D eigenvalue weighted by atomic mass is 32.1. The minimum absolute atomic E-state index is 0.00548. The maximum Gasteiger partial charge on any atom is 0.264 e. The summed E-state index contributed by atoms with van der Waals surface area (Å²) in [6, 6.07) is 7.75. The van der Waals surface area contributed by atoms with Crippen molar-refractivity contribution in [1.82, 2.24) is 20.5 Å². The van der Waals surface area contributed by atoms with Crippen LogP contribution in [-0.2, 0) is 29.0 Å². The minimum Gasteiger partial charge on any atom is -0.352 e. The molecule has 0 bridgehead atoms. The summed E-state index contributed by atoms with van der Waals surface area (Å²) in [5, 5.41) is 10.8. The highest BCUT2D eigenvalue weighted by Gasteiger charge is 2.35. The fourth-order valence-corrected chi connectivity index (χ4v) is 7.57. The number of nitrogens with zero attached hydrogens (tertiary/aromatic N) is 2. The zero-order valence-corrected chi connectivity index (χ0v) is 23.4. The van der Waals surface area contributed by atoms with Gasteiger partial charge in [0.05, 0.1) is 25.8 Å². The molecule has 11 heteroatoms. The van der Waals surface area contributed by atoms with Crippen LogP contribution in [-0.4, -0.2) is 59.3 Å². The summed E-state index contributed by atoms with van der Waals surface area (Å²) in [6.45, 7) is 4.18. The molecule has 39 heavy (non-hydrogen) atoms. The SMILES string of the molecule is CC(=O)NCc1ccc(-c2cnc(C3CN(C(=O)c4ccc(NC(=O)[C@@H]5CCCN5)s4)C3)s2)c2c1CC(N)C2. The smallest absolute Gasteiger partial charge is 0.264 e. The lowest BCUT2D eigenvalue weighted by Gasteiger charge is -2.37. The van der Waals surface area contributed by atoms with Crippen LogP contribution >= 0.6 is 22.7 Å². The van der Waals surface area contributed by atoms with E-state index in [2.05, 4.69) is 28.1 Å². The number of anilines is 1. The topological polar surface area (TPSA) is 129 Å². The lowest BCUT2D eigenvalue weighted by molar-refractivity contribution is -0.119. The molecule has 2 aromatic heterocycles. The molecule has 2 atom stereocenters. The molecule has 9 nitrogen and oxygen atoms in total. The van der Waals surface area contributed by atoms with E-state index in [0.717, 1.165) is 47.7 Å². The van der Waals surface area contributed by atoms with Gasteiger partial charge in [-0.2, -0.15) is 0 Å². The summed E-state index contributed by atoms with van der Waals surface area (Å²) in [5.74, 6) is 0.133. The number of nitrogens with two attached hydrogens (primary N) is 1. The Morgan fingerprint density at radius 1 is 1.13 bits per heavy atom. The molecule has 3 amide bonds. The molecule has 204 valence electrons. The molecule has 3 aromatic rings. The third-order valence-electron chi connectivity index (χ3n) is 7.74. The Morgan fingerprint density at radius 3 is 2.72 bits per heavy atom. The summed E-state index contributed by atoms with van der Waals surface area (Å²) in [4.78, 5) is 45.1. The summed E-state index contributed by atoms with van der Waals surface area (Å²) >= 11 is 3.01. The van der Waals surface area contributed by atoms with Gasteiger partial charge in [-0.05, 0) is 66.6 Å². The first kappa shape index (κ1) is 26.1. The van der Waals surface area contributed by atoms with Crippen LogP contribution in [0, 0.1) is 0 Å². The van der Waals surface area contributed by atoms with E-state index < -0.39 is 0 Å². The first-order valence-corrected chi connectivity index (χ1v) is 15.0. The predicted molar refractivity (Wildman–Crippen MR) is 153 cm³/mol. The maximum atomic E-state index is 13.0. The maximum absolute atomic E-state index is 13.0. The highest BCUT2D eigenvalue weighted by molar-refractivity contribution is 7.18. The van der Waals surface area contributed by atoms with Gasteiger partial charge in [0.2, 0.25) is 11.8 Å². The van der Waals surface area contributed by atoms with Crippen molar-refractivity contribution in [2.24, 2.45) is 5.73 Å². The number of carbonyl (C=O) groups is 3. The number of nitrogens with one attached hydrogen (secondary N) is 3. The Balaban J connectivity index is 1.09. The Bertz CT molecular complexity index is 1420. The monoisotopic (exact) mass is 564 g/mol. The van der Waals surface area contributed by atoms with Crippen LogP contribution in [0.15, 0.2) is 30.5 Å². The number of amides is 3. The largest absolute Gasteiger partial charge is 0.352 e. The van der Waals surface area contributed by atoms with Crippen molar-refractivity contribution in [2.45, 2.75) is 57.2 Å².